The van der Waals surface area contributed by atoms with E-state index in [-0.39, 0.29) is 17.8 Å². The highest BCUT2D eigenvalue weighted by molar-refractivity contribution is 8.01. The van der Waals surface area contributed by atoms with Gasteiger partial charge in [-0.2, -0.15) is 0 Å². The van der Waals surface area contributed by atoms with Gasteiger partial charge in [0.05, 0.1) is 16.2 Å². The van der Waals surface area contributed by atoms with Crippen molar-refractivity contribution in [2.45, 2.75) is 74.1 Å². The van der Waals surface area contributed by atoms with Crippen molar-refractivity contribution in [2.75, 3.05) is 24.8 Å². The topological polar surface area (TPSA) is 91.8 Å². The van der Waals surface area contributed by atoms with Gasteiger partial charge >= 0.3 is 12.0 Å². The Kier molecular flexibility index (Phi) is 8.62. The van der Waals surface area contributed by atoms with E-state index in [9.17, 15) is 9.59 Å². The van der Waals surface area contributed by atoms with Crippen LogP contribution in [0, 0.1) is 5.92 Å². The fourth-order valence-corrected chi connectivity index (χ4v) is 6.07. The summed E-state index contributed by atoms with van der Waals surface area (Å²) in [6.07, 6.45) is 11.6. The molecule has 0 bridgehead atoms. The molecule has 1 aromatic heterocycles. The van der Waals surface area contributed by atoms with E-state index in [1.54, 1.807) is 13.3 Å². The number of aliphatic carboxylic acids is 1. The Morgan fingerprint density at radius 3 is 2.55 bits per heavy atom. The Hall–Kier alpha value is -1.32. The summed E-state index contributed by atoms with van der Waals surface area (Å²) in [7, 11) is 1.75. The fourth-order valence-electron chi connectivity index (χ4n) is 4.49. The minimum absolute atomic E-state index is 0.00546. The predicted octanol–water partition coefficient (Wildman–Crippen LogP) is 4.69. The van der Waals surface area contributed by atoms with E-state index in [1.165, 1.54) is 42.4 Å². The number of methoxy groups -OCH3 is 1. The summed E-state index contributed by atoms with van der Waals surface area (Å²) in [5.74, 6) is -0.268. The number of ether oxygens (including phenoxy) is 1. The Balaban J connectivity index is 1.64. The molecule has 1 heterocycles. The zero-order chi connectivity index (χ0) is 20.6. The minimum Gasteiger partial charge on any atom is -0.481 e. The molecule has 0 saturated heterocycles. The maximum Gasteiger partial charge on any atom is 0.324 e. The lowest BCUT2D eigenvalue weighted by atomic mass is 9.84. The molecule has 7 nitrogen and oxygen atoms in total. The number of carbonyl (C=O) groups excluding carboxylic acids is 1. The smallest absolute Gasteiger partial charge is 0.324 e. The van der Waals surface area contributed by atoms with Crippen LogP contribution in [0.5, 0.6) is 0 Å². The zero-order valence-corrected chi connectivity index (χ0v) is 18.6. The van der Waals surface area contributed by atoms with E-state index in [0.717, 1.165) is 49.3 Å². The second-order valence-corrected chi connectivity index (χ2v) is 10.2. The SMILES string of the molecule is COC[C@H]1CC[C@H](N(C(=O)Nc2ncc(SCC(=O)O)s2)C2CCCCC2)CC1. The van der Waals surface area contributed by atoms with Gasteiger partial charge in [-0.3, -0.25) is 10.1 Å². The van der Waals surface area contributed by atoms with Crippen LogP contribution in [0.25, 0.3) is 0 Å². The van der Waals surface area contributed by atoms with Gasteiger partial charge in [0.2, 0.25) is 0 Å². The molecular formula is C20H31N3O4S2. The van der Waals surface area contributed by atoms with E-state index < -0.39 is 5.97 Å². The van der Waals surface area contributed by atoms with Crippen LogP contribution >= 0.6 is 23.1 Å². The third kappa shape index (κ3) is 6.58. The Morgan fingerprint density at radius 2 is 1.90 bits per heavy atom. The zero-order valence-electron chi connectivity index (χ0n) is 17.0. The molecule has 0 spiro atoms. The van der Waals surface area contributed by atoms with Gasteiger partial charge in [0.1, 0.15) is 0 Å². The average molecular weight is 442 g/mol. The van der Waals surface area contributed by atoms with Crippen molar-refractivity contribution in [1.29, 1.82) is 0 Å². The molecule has 2 aliphatic carbocycles. The number of urea groups is 1. The Bertz CT molecular complexity index is 670. The van der Waals surface area contributed by atoms with Crippen molar-refractivity contribution < 1.29 is 19.4 Å². The van der Waals surface area contributed by atoms with Crippen molar-refractivity contribution in [3.05, 3.63) is 6.20 Å². The molecule has 2 N–H and O–H groups in total. The van der Waals surface area contributed by atoms with Crippen LogP contribution < -0.4 is 5.32 Å². The lowest BCUT2D eigenvalue weighted by Crippen LogP contribution is -2.51. The Labute approximate surface area is 180 Å². The molecule has 0 atom stereocenters. The van der Waals surface area contributed by atoms with Gasteiger partial charge in [-0.25, -0.2) is 9.78 Å². The van der Waals surface area contributed by atoms with Crippen LogP contribution in [0.1, 0.15) is 57.8 Å². The molecule has 0 unspecified atom stereocenters. The molecule has 2 aliphatic rings. The number of thiazole rings is 1. The van der Waals surface area contributed by atoms with Crippen molar-refractivity contribution in [1.82, 2.24) is 9.88 Å². The van der Waals surface area contributed by atoms with E-state index in [4.69, 9.17) is 9.84 Å². The van der Waals surface area contributed by atoms with Gasteiger partial charge in [0.15, 0.2) is 5.13 Å². The van der Waals surface area contributed by atoms with Crippen molar-refractivity contribution in [3.8, 4) is 0 Å². The van der Waals surface area contributed by atoms with Crippen LogP contribution in [0.3, 0.4) is 0 Å². The quantitative estimate of drug-likeness (QED) is 0.569. The highest BCUT2D eigenvalue weighted by Gasteiger charge is 2.34. The lowest BCUT2D eigenvalue weighted by Gasteiger charge is -2.42. The first-order chi connectivity index (χ1) is 14.1. The van der Waals surface area contributed by atoms with Crippen molar-refractivity contribution >= 4 is 40.2 Å². The van der Waals surface area contributed by atoms with Crippen LogP contribution in [0.15, 0.2) is 10.4 Å². The van der Waals surface area contributed by atoms with Crippen LogP contribution in [-0.2, 0) is 9.53 Å². The second kappa shape index (κ2) is 11.2. The standard InChI is InChI=1S/C20H31N3O4S2/c1-27-12-14-7-9-16(10-8-14)23(15-5-3-2-4-6-15)20(26)22-19-21-11-18(29-19)28-13-17(24)25/h11,14-16H,2-10,12-13H2,1H3,(H,24,25)(H,21,22,26)/t14-,16-. The van der Waals surface area contributed by atoms with E-state index >= 15 is 0 Å². The fraction of sp³-hybridized carbons (Fsp3) is 0.750. The lowest BCUT2D eigenvalue weighted by molar-refractivity contribution is -0.133. The van der Waals surface area contributed by atoms with Gasteiger partial charge in [-0.1, -0.05) is 30.6 Å². The summed E-state index contributed by atoms with van der Waals surface area (Å²) >= 11 is 2.56. The van der Waals surface area contributed by atoms with Gasteiger partial charge < -0.3 is 14.7 Å². The molecule has 1 aromatic rings. The van der Waals surface area contributed by atoms with E-state index in [0.29, 0.717) is 17.1 Å². The van der Waals surface area contributed by atoms with Crippen LogP contribution in [0.4, 0.5) is 9.93 Å². The molecule has 0 aromatic carbocycles. The number of carboxylic acid groups (broad SMARTS) is 1. The van der Waals surface area contributed by atoms with Crippen LogP contribution in [0.2, 0.25) is 0 Å². The summed E-state index contributed by atoms with van der Waals surface area (Å²) in [5, 5.41) is 12.3. The van der Waals surface area contributed by atoms with Gasteiger partial charge in [0, 0.05) is 25.8 Å². The molecular weight excluding hydrogens is 410 g/mol. The number of rotatable bonds is 8. The maximum atomic E-state index is 13.2. The number of hydrogen-bond acceptors (Lipinski definition) is 6. The number of anilines is 1. The molecule has 9 heteroatoms. The van der Waals surface area contributed by atoms with Gasteiger partial charge in [0.25, 0.3) is 0 Å². The number of hydrogen-bond donors (Lipinski definition) is 2. The highest BCUT2D eigenvalue weighted by atomic mass is 32.2. The summed E-state index contributed by atoms with van der Waals surface area (Å²) in [6.45, 7) is 0.804. The number of aromatic nitrogens is 1. The largest absolute Gasteiger partial charge is 0.481 e. The minimum atomic E-state index is -0.860. The predicted molar refractivity (Wildman–Crippen MR) is 116 cm³/mol. The molecule has 3 rings (SSSR count). The van der Waals surface area contributed by atoms with Crippen LogP contribution in [-0.4, -0.2) is 58.5 Å². The third-order valence-corrected chi connectivity index (χ3v) is 7.94. The number of carbonyl (C=O) groups is 2. The molecule has 2 amide bonds. The first-order valence-corrected chi connectivity index (χ1v) is 12.3. The number of carboxylic acids is 1. The summed E-state index contributed by atoms with van der Waals surface area (Å²) in [4.78, 5) is 30.4. The highest BCUT2D eigenvalue weighted by Crippen LogP contribution is 2.34. The Morgan fingerprint density at radius 1 is 1.21 bits per heavy atom. The number of nitrogens with one attached hydrogen (secondary N) is 1. The summed E-state index contributed by atoms with van der Waals surface area (Å²) in [5.41, 5.74) is 0. The molecule has 2 saturated carbocycles. The molecule has 0 aliphatic heterocycles. The van der Waals surface area contributed by atoms with Crippen molar-refractivity contribution in [3.63, 3.8) is 0 Å². The van der Waals surface area contributed by atoms with Gasteiger partial charge in [-0.05, 0) is 44.4 Å². The molecule has 162 valence electrons. The summed E-state index contributed by atoms with van der Waals surface area (Å²) in [6, 6.07) is 0.511. The molecule has 29 heavy (non-hydrogen) atoms. The van der Waals surface area contributed by atoms with Crippen molar-refractivity contribution in [2.24, 2.45) is 5.92 Å². The van der Waals surface area contributed by atoms with Gasteiger partial charge in [-0.15, -0.1) is 11.8 Å². The average Bonchev–Trinajstić information content (AvgIpc) is 3.16. The van der Waals surface area contributed by atoms with E-state index in [1.807, 2.05) is 0 Å². The third-order valence-electron chi connectivity index (χ3n) is 5.85. The normalized spacial score (nSPS) is 22.9. The second-order valence-electron chi connectivity index (χ2n) is 7.93. The molecule has 0 radical (unpaired) electrons. The number of nitrogens with zero attached hydrogens (tertiary/aromatic N) is 2. The van der Waals surface area contributed by atoms with E-state index in [2.05, 4.69) is 15.2 Å². The first kappa shape index (κ1) is 22.4. The maximum absolute atomic E-state index is 13.2. The first-order valence-electron chi connectivity index (χ1n) is 10.5. The monoisotopic (exact) mass is 441 g/mol. The number of thioether (sulfide) groups is 1. The summed E-state index contributed by atoms with van der Waals surface area (Å²) < 4.78 is 6.12. The molecule has 2 fully saturated rings. The number of amides is 2.